The second-order valence-corrected chi connectivity index (χ2v) is 3.50. The normalized spacial score (nSPS) is 10.9. The molecule has 0 aliphatic heterocycles. The molecule has 2 nitrogen and oxygen atoms in total. The van der Waals surface area contributed by atoms with Gasteiger partial charge in [0.2, 0.25) is 0 Å². The van der Waals surface area contributed by atoms with E-state index in [0.717, 1.165) is 11.3 Å². The summed E-state index contributed by atoms with van der Waals surface area (Å²) in [6.07, 6.45) is 3.95. The highest BCUT2D eigenvalue weighted by molar-refractivity contribution is 5.61. The number of aryl methyl sites for hydroxylation is 1. The number of benzene rings is 1. The van der Waals surface area contributed by atoms with Gasteiger partial charge in [0.25, 0.3) is 0 Å². The van der Waals surface area contributed by atoms with E-state index in [1.807, 2.05) is 19.1 Å². The molecule has 0 heterocycles. The highest BCUT2D eigenvalue weighted by Gasteiger charge is 2.06. The Morgan fingerprint density at radius 2 is 2.07 bits per heavy atom. The van der Waals surface area contributed by atoms with Gasteiger partial charge < -0.3 is 10.5 Å². The van der Waals surface area contributed by atoms with Crippen molar-refractivity contribution in [3.63, 3.8) is 0 Å². The first kappa shape index (κ1) is 11.8. The fraction of sp³-hybridized carbons (Fsp3) is 0.385. The average Bonchev–Trinajstić information content (AvgIpc) is 2.24. The molecule has 0 amide bonds. The molecule has 0 bridgehead atoms. The van der Waals surface area contributed by atoms with Crippen LogP contribution in [0.15, 0.2) is 18.2 Å². The summed E-state index contributed by atoms with van der Waals surface area (Å²) in [7, 11) is 0. The Hall–Kier alpha value is -1.28. The first-order chi connectivity index (χ1) is 7.20. The lowest BCUT2D eigenvalue weighted by Gasteiger charge is -2.12. The van der Waals surface area contributed by atoms with Crippen LogP contribution in [-0.4, -0.2) is 13.2 Å². The van der Waals surface area contributed by atoms with Crippen LogP contribution in [0.2, 0.25) is 0 Å². The maximum Gasteiger partial charge on any atom is 0.129 e. The van der Waals surface area contributed by atoms with Gasteiger partial charge in [-0.3, -0.25) is 0 Å². The van der Waals surface area contributed by atoms with Crippen LogP contribution in [0.1, 0.15) is 23.6 Å². The van der Waals surface area contributed by atoms with Crippen LogP contribution in [0.5, 0.6) is 5.75 Å². The Morgan fingerprint density at radius 3 is 2.67 bits per heavy atom. The van der Waals surface area contributed by atoms with E-state index >= 15 is 0 Å². The van der Waals surface area contributed by atoms with E-state index in [1.165, 1.54) is 11.1 Å². The number of ether oxygens (including phenoxy) is 1. The summed E-state index contributed by atoms with van der Waals surface area (Å²) in [4.78, 5) is 0. The van der Waals surface area contributed by atoms with Crippen LogP contribution in [0.3, 0.4) is 0 Å². The van der Waals surface area contributed by atoms with Gasteiger partial charge in [-0.1, -0.05) is 24.3 Å². The molecule has 0 aromatic heterocycles. The van der Waals surface area contributed by atoms with E-state index < -0.39 is 0 Å². The predicted octanol–water partition coefficient (Wildman–Crippen LogP) is 2.67. The molecule has 1 aromatic rings. The molecule has 0 saturated carbocycles. The summed E-state index contributed by atoms with van der Waals surface area (Å²) in [6.45, 7) is 7.42. The fourth-order valence-electron chi connectivity index (χ4n) is 1.47. The van der Waals surface area contributed by atoms with Gasteiger partial charge in [-0.15, -0.1) is 0 Å². The zero-order valence-corrected chi connectivity index (χ0v) is 9.71. The zero-order valence-electron chi connectivity index (χ0n) is 9.71. The average molecular weight is 205 g/mol. The Morgan fingerprint density at radius 1 is 1.33 bits per heavy atom. The number of hydrogen-bond donors (Lipinski definition) is 1. The standard InChI is InChI=1S/C13H19NO/c1-4-15-13-11(3)10(2)7-8-12(13)6-5-9-14/h5-8H,4,9,14H2,1-3H3/b6-5+. The maximum atomic E-state index is 5.65. The van der Waals surface area contributed by atoms with Crippen LogP contribution in [0.25, 0.3) is 6.08 Å². The van der Waals surface area contributed by atoms with Gasteiger partial charge in [0.05, 0.1) is 6.61 Å². The Kier molecular flexibility index (Phi) is 4.37. The molecule has 0 spiro atoms. The van der Waals surface area contributed by atoms with E-state index in [9.17, 15) is 0 Å². The summed E-state index contributed by atoms with van der Waals surface area (Å²) >= 11 is 0. The lowest BCUT2D eigenvalue weighted by molar-refractivity contribution is 0.337. The van der Waals surface area contributed by atoms with Crippen molar-refractivity contribution in [2.75, 3.05) is 13.2 Å². The molecule has 82 valence electrons. The van der Waals surface area contributed by atoms with Gasteiger partial charge in [-0.2, -0.15) is 0 Å². The molecule has 1 rings (SSSR count). The van der Waals surface area contributed by atoms with E-state index in [4.69, 9.17) is 10.5 Å². The first-order valence-corrected chi connectivity index (χ1v) is 5.30. The molecular weight excluding hydrogens is 186 g/mol. The van der Waals surface area contributed by atoms with Crippen LogP contribution in [-0.2, 0) is 0 Å². The minimum atomic E-state index is 0.554. The summed E-state index contributed by atoms with van der Waals surface area (Å²) in [5, 5.41) is 0. The highest BCUT2D eigenvalue weighted by atomic mass is 16.5. The topological polar surface area (TPSA) is 35.2 Å². The minimum Gasteiger partial charge on any atom is -0.493 e. The Labute approximate surface area is 91.7 Å². The molecule has 2 heteroatoms. The van der Waals surface area contributed by atoms with E-state index in [0.29, 0.717) is 13.2 Å². The highest BCUT2D eigenvalue weighted by Crippen LogP contribution is 2.27. The third-order valence-electron chi connectivity index (χ3n) is 2.43. The third kappa shape index (κ3) is 2.83. The van der Waals surface area contributed by atoms with Gasteiger partial charge in [-0.25, -0.2) is 0 Å². The lowest BCUT2D eigenvalue weighted by Crippen LogP contribution is -1.99. The lowest BCUT2D eigenvalue weighted by atomic mass is 10.0. The van der Waals surface area contributed by atoms with Crippen LogP contribution < -0.4 is 10.5 Å². The number of nitrogens with two attached hydrogens (primary N) is 1. The minimum absolute atomic E-state index is 0.554. The quantitative estimate of drug-likeness (QED) is 0.820. The van der Waals surface area contributed by atoms with Crippen molar-refractivity contribution in [3.8, 4) is 5.75 Å². The van der Waals surface area contributed by atoms with Gasteiger partial charge in [0, 0.05) is 12.1 Å². The van der Waals surface area contributed by atoms with Gasteiger partial charge in [0.15, 0.2) is 0 Å². The third-order valence-corrected chi connectivity index (χ3v) is 2.43. The molecule has 0 radical (unpaired) electrons. The summed E-state index contributed by atoms with van der Waals surface area (Å²) in [5.41, 5.74) is 9.00. The van der Waals surface area contributed by atoms with E-state index in [2.05, 4.69) is 26.0 Å². The SMILES string of the molecule is CCOc1c(/C=C/CN)ccc(C)c1C. The van der Waals surface area contributed by atoms with Crippen LogP contribution >= 0.6 is 0 Å². The maximum absolute atomic E-state index is 5.65. The molecule has 1 aromatic carbocycles. The Bertz CT molecular complexity index is 356. The second kappa shape index (κ2) is 5.56. The largest absolute Gasteiger partial charge is 0.493 e. The molecule has 0 aliphatic rings. The van der Waals surface area contributed by atoms with Crippen molar-refractivity contribution in [1.29, 1.82) is 0 Å². The van der Waals surface area contributed by atoms with Gasteiger partial charge >= 0.3 is 0 Å². The van der Waals surface area contributed by atoms with Crippen molar-refractivity contribution in [2.24, 2.45) is 5.73 Å². The molecular formula is C13H19NO. The van der Waals surface area contributed by atoms with Gasteiger partial charge in [-0.05, 0) is 31.9 Å². The van der Waals surface area contributed by atoms with Crippen LogP contribution in [0.4, 0.5) is 0 Å². The number of hydrogen-bond acceptors (Lipinski definition) is 2. The molecule has 15 heavy (non-hydrogen) atoms. The predicted molar refractivity (Wildman–Crippen MR) is 65.2 cm³/mol. The number of rotatable bonds is 4. The molecule has 2 N–H and O–H groups in total. The van der Waals surface area contributed by atoms with E-state index in [1.54, 1.807) is 0 Å². The van der Waals surface area contributed by atoms with Crippen molar-refractivity contribution < 1.29 is 4.74 Å². The van der Waals surface area contributed by atoms with Gasteiger partial charge in [0.1, 0.15) is 5.75 Å². The van der Waals surface area contributed by atoms with Crippen molar-refractivity contribution >= 4 is 6.08 Å². The fourth-order valence-corrected chi connectivity index (χ4v) is 1.47. The molecule has 0 fully saturated rings. The molecule has 0 unspecified atom stereocenters. The molecule has 0 saturated heterocycles. The second-order valence-electron chi connectivity index (χ2n) is 3.50. The van der Waals surface area contributed by atoms with E-state index in [-0.39, 0.29) is 0 Å². The van der Waals surface area contributed by atoms with Crippen molar-refractivity contribution in [3.05, 3.63) is 34.9 Å². The van der Waals surface area contributed by atoms with Crippen LogP contribution in [0, 0.1) is 13.8 Å². The smallest absolute Gasteiger partial charge is 0.129 e. The molecule has 0 aliphatic carbocycles. The first-order valence-electron chi connectivity index (χ1n) is 5.30. The van der Waals surface area contributed by atoms with Crippen molar-refractivity contribution in [2.45, 2.75) is 20.8 Å². The van der Waals surface area contributed by atoms with Crippen molar-refractivity contribution in [1.82, 2.24) is 0 Å². The Balaban J connectivity index is 3.14. The summed E-state index contributed by atoms with van der Waals surface area (Å²) in [6, 6.07) is 4.17. The summed E-state index contributed by atoms with van der Waals surface area (Å²) in [5.74, 6) is 0.974. The zero-order chi connectivity index (χ0) is 11.3. The monoisotopic (exact) mass is 205 g/mol. The summed E-state index contributed by atoms with van der Waals surface area (Å²) < 4.78 is 5.65. The molecule has 0 atom stereocenters.